The lowest BCUT2D eigenvalue weighted by atomic mass is 9.99. The first-order chi connectivity index (χ1) is 9.09. The van der Waals surface area contributed by atoms with Gasteiger partial charge in [0.15, 0.2) is 5.03 Å². The molecule has 1 aliphatic rings. The molecule has 0 radical (unpaired) electrons. The number of nitriles is 1. The molecule has 8 heteroatoms. The Morgan fingerprint density at radius 2 is 2.10 bits per heavy atom. The maximum atomic E-state index is 12.4. The van der Waals surface area contributed by atoms with Crippen molar-refractivity contribution in [2.45, 2.75) is 17.9 Å². The van der Waals surface area contributed by atoms with Crippen LogP contribution in [0.1, 0.15) is 18.4 Å². The van der Waals surface area contributed by atoms with Crippen molar-refractivity contribution in [2.24, 2.45) is 11.7 Å². The van der Waals surface area contributed by atoms with Crippen molar-refractivity contribution >= 4 is 22.4 Å². The Kier molecular flexibility index (Phi) is 5.89. The summed E-state index contributed by atoms with van der Waals surface area (Å²) in [4.78, 5) is 3.86. The van der Waals surface area contributed by atoms with Crippen LogP contribution in [0.5, 0.6) is 0 Å². The van der Waals surface area contributed by atoms with Gasteiger partial charge < -0.3 is 5.73 Å². The van der Waals surface area contributed by atoms with E-state index in [4.69, 9.17) is 11.0 Å². The van der Waals surface area contributed by atoms with Gasteiger partial charge in [-0.2, -0.15) is 9.57 Å². The molecule has 1 fully saturated rings. The number of halogens is 1. The molecular weight excluding hydrogens is 300 g/mol. The highest BCUT2D eigenvalue weighted by Gasteiger charge is 2.31. The van der Waals surface area contributed by atoms with Gasteiger partial charge in [-0.3, -0.25) is 0 Å². The Morgan fingerprint density at radius 1 is 1.45 bits per heavy atom. The number of nitrogens with zero attached hydrogens (tertiary/aromatic N) is 3. The summed E-state index contributed by atoms with van der Waals surface area (Å²) in [7, 11) is -3.68. The van der Waals surface area contributed by atoms with Gasteiger partial charge in [-0.15, -0.1) is 12.4 Å². The quantitative estimate of drug-likeness (QED) is 0.886. The van der Waals surface area contributed by atoms with E-state index in [1.807, 2.05) is 6.07 Å². The average Bonchev–Trinajstić information content (AvgIpc) is 2.47. The lowest BCUT2D eigenvalue weighted by Crippen LogP contribution is -2.40. The molecule has 1 saturated heterocycles. The van der Waals surface area contributed by atoms with Crippen LogP contribution in [-0.2, 0) is 10.0 Å². The van der Waals surface area contributed by atoms with Crippen LogP contribution in [0, 0.1) is 17.2 Å². The molecule has 20 heavy (non-hydrogen) atoms. The fourth-order valence-corrected chi connectivity index (χ4v) is 3.71. The predicted molar refractivity (Wildman–Crippen MR) is 76.7 cm³/mol. The summed E-state index contributed by atoms with van der Waals surface area (Å²) in [6, 6.07) is 4.89. The molecule has 0 aliphatic carbocycles. The molecule has 0 unspecified atom stereocenters. The van der Waals surface area contributed by atoms with Crippen molar-refractivity contribution in [3.63, 3.8) is 0 Å². The van der Waals surface area contributed by atoms with E-state index in [0.29, 0.717) is 25.6 Å². The highest BCUT2D eigenvalue weighted by Crippen LogP contribution is 2.23. The third-order valence-electron chi connectivity index (χ3n) is 3.38. The molecule has 2 heterocycles. The first-order valence-electron chi connectivity index (χ1n) is 6.15. The van der Waals surface area contributed by atoms with Crippen LogP contribution in [0.2, 0.25) is 0 Å². The van der Waals surface area contributed by atoms with Gasteiger partial charge in [0.05, 0.1) is 5.56 Å². The van der Waals surface area contributed by atoms with E-state index in [0.717, 1.165) is 12.8 Å². The van der Waals surface area contributed by atoms with Gasteiger partial charge in [0.2, 0.25) is 0 Å². The number of piperidine rings is 1. The molecule has 1 aromatic heterocycles. The van der Waals surface area contributed by atoms with Crippen LogP contribution in [0.15, 0.2) is 23.4 Å². The number of hydrogen-bond acceptors (Lipinski definition) is 5. The molecule has 0 saturated carbocycles. The van der Waals surface area contributed by atoms with E-state index in [9.17, 15) is 8.42 Å². The minimum Gasteiger partial charge on any atom is -0.330 e. The average molecular weight is 317 g/mol. The van der Waals surface area contributed by atoms with Crippen molar-refractivity contribution in [1.82, 2.24) is 9.29 Å². The van der Waals surface area contributed by atoms with E-state index < -0.39 is 10.0 Å². The molecule has 0 aromatic carbocycles. The minimum absolute atomic E-state index is 0. The number of hydrogen-bond donors (Lipinski definition) is 1. The van der Waals surface area contributed by atoms with E-state index in [2.05, 4.69) is 4.98 Å². The largest absolute Gasteiger partial charge is 0.330 e. The van der Waals surface area contributed by atoms with Crippen LogP contribution < -0.4 is 5.73 Å². The van der Waals surface area contributed by atoms with Gasteiger partial charge in [0.1, 0.15) is 6.07 Å². The zero-order chi connectivity index (χ0) is 13.9. The van der Waals surface area contributed by atoms with E-state index in [1.54, 1.807) is 6.07 Å². The fourth-order valence-electron chi connectivity index (χ4n) is 2.19. The summed E-state index contributed by atoms with van der Waals surface area (Å²) in [6.07, 6.45) is 2.90. The summed E-state index contributed by atoms with van der Waals surface area (Å²) >= 11 is 0. The standard InChI is InChI=1S/C12H16N4O2S.ClH/c13-8-10-3-6-16(7-4-10)19(17,18)12-11(9-14)2-1-5-15-12;/h1-2,5,10H,3-4,6-8,13H2;1H. The molecule has 0 atom stereocenters. The third-order valence-corrected chi connectivity index (χ3v) is 5.24. The topological polar surface area (TPSA) is 100 Å². The van der Waals surface area contributed by atoms with Gasteiger partial charge in [0, 0.05) is 19.3 Å². The highest BCUT2D eigenvalue weighted by molar-refractivity contribution is 7.89. The predicted octanol–water partition coefficient (Wildman–Crippen LogP) is 0.734. The number of nitrogens with two attached hydrogens (primary N) is 1. The summed E-state index contributed by atoms with van der Waals surface area (Å²) in [6.45, 7) is 1.46. The summed E-state index contributed by atoms with van der Waals surface area (Å²) < 4.78 is 26.3. The van der Waals surface area contributed by atoms with E-state index >= 15 is 0 Å². The van der Waals surface area contributed by atoms with Crippen LogP contribution in [0.4, 0.5) is 0 Å². The van der Waals surface area contributed by atoms with Crippen LogP contribution in [0.3, 0.4) is 0 Å². The molecule has 2 N–H and O–H groups in total. The van der Waals surface area contributed by atoms with Gasteiger partial charge in [-0.05, 0) is 37.4 Å². The monoisotopic (exact) mass is 316 g/mol. The van der Waals surface area contributed by atoms with Crippen molar-refractivity contribution in [2.75, 3.05) is 19.6 Å². The highest BCUT2D eigenvalue weighted by atomic mass is 35.5. The second-order valence-electron chi connectivity index (χ2n) is 4.55. The first-order valence-corrected chi connectivity index (χ1v) is 7.59. The maximum Gasteiger partial charge on any atom is 0.261 e. The normalized spacial score (nSPS) is 17.2. The Morgan fingerprint density at radius 3 is 2.65 bits per heavy atom. The number of sulfonamides is 1. The molecule has 0 amide bonds. The fraction of sp³-hybridized carbons (Fsp3) is 0.500. The number of pyridine rings is 1. The second kappa shape index (κ2) is 6.99. The zero-order valence-corrected chi connectivity index (χ0v) is 12.5. The van der Waals surface area contributed by atoms with Crippen molar-refractivity contribution in [1.29, 1.82) is 5.26 Å². The van der Waals surface area contributed by atoms with Gasteiger partial charge in [-0.1, -0.05) is 0 Å². The Bertz CT molecular complexity index is 592. The summed E-state index contributed by atoms with van der Waals surface area (Å²) in [5, 5.41) is 8.82. The summed E-state index contributed by atoms with van der Waals surface area (Å²) in [5.41, 5.74) is 5.68. The number of aromatic nitrogens is 1. The van der Waals surface area contributed by atoms with Crippen molar-refractivity contribution in [3.05, 3.63) is 23.9 Å². The molecular formula is C12H17ClN4O2S. The first kappa shape index (κ1) is 16.9. The van der Waals surface area contributed by atoms with E-state index in [1.165, 1.54) is 16.6 Å². The minimum atomic E-state index is -3.68. The van der Waals surface area contributed by atoms with Crippen molar-refractivity contribution in [3.8, 4) is 6.07 Å². The van der Waals surface area contributed by atoms with Crippen molar-refractivity contribution < 1.29 is 8.42 Å². The number of rotatable bonds is 3. The molecule has 0 bridgehead atoms. The van der Waals surface area contributed by atoms with E-state index in [-0.39, 0.29) is 23.0 Å². The van der Waals surface area contributed by atoms with Crippen LogP contribution in [0.25, 0.3) is 0 Å². The zero-order valence-electron chi connectivity index (χ0n) is 10.9. The second-order valence-corrected chi connectivity index (χ2v) is 6.40. The Hall–Kier alpha value is -1.20. The third kappa shape index (κ3) is 3.27. The van der Waals surface area contributed by atoms with Gasteiger partial charge >= 0.3 is 0 Å². The van der Waals surface area contributed by atoms with Gasteiger partial charge in [0.25, 0.3) is 10.0 Å². The lowest BCUT2D eigenvalue weighted by Gasteiger charge is -2.30. The molecule has 6 nitrogen and oxygen atoms in total. The Balaban J connectivity index is 0.00000200. The molecule has 0 spiro atoms. The lowest BCUT2D eigenvalue weighted by molar-refractivity contribution is 0.278. The summed E-state index contributed by atoms with van der Waals surface area (Å²) in [5.74, 6) is 0.380. The van der Waals surface area contributed by atoms with Gasteiger partial charge in [-0.25, -0.2) is 13.4 Å². The Labute approximate surface area is 125 Å². The van der Waals surface area contributed by atoms with Crippen LogP contribution >= 0.6 is 12.4 Å². The molecule has 2 rings (SSSR count). The SMILES string of the molecule is Cl.N#Cc1cccnc1S(=O)(=O)N1CCC(CN)CC1. The maximum absolute atomic E-state index is 12.4. The molecule has 110 valence electrons. The van der Waals surface area contributed by atoms with Crippen LogP contribution in [-0.4, -0.2) is 37.3 Å². The molecule has 1 aromatic rings. The smallest absolute Gasteiger partial charge is 0.261 e. The molecule has 1 aliphatic heterocycles.